The zero-order chi connectivity index (χ0) is 21.8. The van der Waals surface area contributed by atoms with Crippen molar-refractivity contribution in [1.29, 1.82) is 0 Å². The van der Waals surface area contributed by atoms with E-state index in [0.717, 1.165) is 38.2 Å². The fraction of sp³-hybridized carbons (Fsp3) is 0.652. The SMILES string of the molecule is NC(=O)C12CC3CC(C1)C(NC(=O)[C@H]1CN(Cc4cc(F)cc(F)c4)CCO1)C(C3)C2. The number of hydrogen-bond acceptors (Lipinski definition) is 4. The second-order valence-electron chi connectivity index (χ2n) is 10.0. The predicted octanol–water partition coefficient (Wildman–Crippen LogP) is 1.96. The molecule has 3 atom stereocenters. The maximum absolute atomic E-state index is 13.5. The van der Waals surface area contributed by atoms with Crippen LogP contribution in [0.5, 0.6) is 0 Å². The minimum Gasteiger partial charge on any atom is -0.369 e. The lowest BCUT2D eigenvalue weighted by molar-refractivity contribution is -0.151. The van der Waals surface area contributed by atoms with E-state index in [1.54, 1.807) is 0 Å². The van der Waals surface area contributed by atoms with Crippen molar-refractivity contribution in [2.45, 2.75) is 50.8 Å². The average molecular weight is 433 g/mol. The van der Waals surface area contributed by atoms with Crippen LogP contribution in [0.1, 0.15) is 37.7 Å². The van der Waals surface area contributed by atoms with Crippen molar-refractivity contribution in [2.24, 2.45) is 28.9 Å². The van der Waals surface area contributed by atoms with E-state index in [4.69, 9.17) is 10.5 Å². The second-order valence-corrected chi connectivity index (χ2v) is 10.0. The summed E-state index contributed by atoms with van der Waals surface area (Å²) in [5.41, 5.74) is 5.91. The fourth-order valence-electron chi connectivity index (χ4n) is 6.78. The molecule has 6 nitrogen and oxygen atoms in total. The van der Waals surface area contributed by atoms with Gasteiger partial charge in [-0.15, -0.1) is 0 Å². The maximum Gasteiger partial charge on any atom is 0.250 e. The molecule has 6 rings (SSSR count). The molecular weight excluding hydrogens is 404 g/mol. The van der Waals surface area contributed by atoms with Crippen molar-refractivity contribution < 1.29 is 23.1 Å². The molecule has 1 aliphatic heterocycles. The molecule has 1 aromatic carbocycles. The number of ether oxygens (including phenoxy) is 1. The zero-order valence-corrected chi connectivity index (χ0v) is 17.5. The van der Waals surface area contributed by atoms with Gasteiger partial charge in [0.05, 0.1) is 6.61 Å². The summed E-state index contributed by atoms with van der Waals surface area (Å²) in [4.78, 5) is 27.1. The van der Waals surface area contributed by atoms with Gasteiger partial charge in [0, 0.05) is 37.2 Å². The van der Waals surface area contributed by atoms with Crippen LogP contribution in [0.15, 0.2) is 18.2 Å². The molecule has 2 amide bonds. The summed E-state index contributed by atoms with van der Waals surface area (Å²) in [6.45, 7) is 1.72. The lowest BCUT2D eigenvalue weighted by atomic mass is 9.47. The molecule has 5 fully saturated rings. The van der Waals surface area contributed by atoms with Gasteiger partial charge in [-0.3, -0.25) is 14.5 Å². The van der Waals surface area contributed by atoms with Crippen molar-refractivity contribution in [2.75, 3.05) is 19.7 Å². The summed E-state index contributed by atoms with van der Waals surface area (Å²) < 4.78 is 32.7. The number of nitrogens with zero attached hydrogens (tertiary/aromatic N) is 1. The Kier molecular flexibility index (Phi) is 5.25. The first-order chi connectivity index (χ1) is 14.8. The molecule has 5 aliphatic rings. The fourth-order valence-corrected chi connectivity index (χ4v) is 6.78. The van der Waals surface area contributed by atoms with E-state index in [0.29, 0.717) is 37.7 Å². The number of carbonyl (C=O) groups is 2. The Balaban J connectivity index is 1.21. The van der Waals surface area contributed by atoms with E-state index in [9.17, 15) is 18.4 Å². The molecule has 31 heavy (non-hydrogen) atoms. The Bertz CT molecular complexity index is 859. The highest BCUT2D eigenvalue weighted by Crippen LogP contribution is 2.59. The van der Waals surface area contributed by atoms with E-state index in [1.165, 1.54) is 12.1 Å². The average Bonchev–Trinajstić information content (AvgIpc) is 2.69. The van der Waals surface area contributed by atoms with Gasteiger partial charge < -0.3 is 15.8 Å². The van der Waals surface area contributed by atoms with Gasteiger partial charge in [0.1, 0.15) is 17.7 Å². The quantitative estimate of drug-likeness (QED) is 0.744. The van der Waals surface area contributed by atoms with Gasteiger partial charge in [-0.2, -0.15) is 0 Å². The smallest absolute Gasteiger partial charge is 0.250 e. The van der Waals surface area contributed by atoms with E-state index < -0.39 is 17.7 Å². The van der Waals surface area contributed by atoms with Crippen molar-refractivity contribution >= 4 is 11.8 Å². The molecule has 2 unspecified atom stereocenters. The normalized spacial score (nSPS) is 37.0. The van der Waals surface area contributed by atoms with Gasteiger partial charge in [-0.1, -0.05) is 0 Å². The Hall–Kier alpha value is -2.06. The largest absolute Gasteiger partial charge is 0.369 e. The first kappa shape index (κ1) is 20.8. The molecule has 4 bridgehead atoms. The number of benzene rings is 1. The number of hydrogen-bond donors (Lipinski definition) is 2. The summed E-state index contributed by atoms with van der Waals surface area (Å²) in [6, 6.07) is 3.55. The summed E-state index contributed by atoms with van der Waals surface area (Å²) >= 11 is 0. The van der Waals surface area contributed by atoms with E-state index in [2.05, 4.69) is 5.32 Å². The number of amides is 2. The molecule has 168 valence electrons. The molecule has 3 N–H and O–H groups in total. The molecule has 0 aromatic heterocycles. The number of nitrogens with two attached hydrogens (primary N) is 1. The third-order valence-electron chi connectivity index (χ3n) is 7.88. The van der Waals surface area contributed by atoms with Crippen molar-refractivity contribution in [1.82, 2.24) is 10.2 Å². The topological polar surface area (TPSA) is 84.7 Å². The standard InChI is InChI=1S/C23H29F2N3O3/c24-17-5-14(6-18(25)7-17)11-28-1-2-31-19(12-28)21(29)27-20-15-3-13-4-16(20)10-23(8-13,9-15)22(26)30/h5-7,13,15-16,19-20H,1-4,8-12H2,(H2,26,30)(H,27,29)/t13?,15?,16?,19-,20?,23?/m1/s1. The van der Waals surface area contributed by atoms with Crippen LogP contribution >= 0.6 is 0 Å². The number of rotatable bonds is 5. The highest BCUT2D eigenvalue weighted by molar-refractivity contribution is 5.83. The van der Waals surface area contributed by atoms with Gasteiger partial charge >= 0.3 is 0 Å². The molecule has 0 radical (unpaired) electrons. The zero-order valence-electron chi connectivity index (χ0n) is 17.5. The number of carbonyl (C=O) groups excluding carboxylic acids is 2. The van der Waals surface area contributed by atoms with Crippen LogP contribution in [0.25, 0.3) is 0 Å². The number of primary amides is 1. The maximum atomic E-state index is 13.5. The monoisotopic (exact) mass is 433 g/mol. The Morgan fingerprint density at radius 1 is 1.13 bits per heavy atom. The molecule has 1 saturated heterocycles. The first-order valence-electron chi connectivity index (χ1n) is 11.2. The Labute approximate surface area is 180 Å². The number of morpholine rings is 1. The lowest BCUT2D eigenvalue weighted by Gasteiger charge is -2.59. The van der Waals surface area contributed by atoms with Crippen LogP contribution in [0.2, 0.25) is 0 Å². The van der Waals surface area contributed by atoms with E-state index >= 15 is 0 Å². The minimum atomic E-state index is -0.616. The van der Waals surface area contributed by atoms with Gasteiger partial charge in [0.15, 0.2) is 0 Å². The van der Waals surface area contributed by atoms with Crippen molar-refractivity contribution in [3.8, 4) is 0 Å². The Morgan fingerprint density at radius 2 is 1.81 bits per heavy atom. The van der Waals surface area contributed by atoms with E-state index in [-0.39, 0.29) is 35.1 Å². The molecule has 4 saturated carbocycles. The predicted molar refractivity (Wildman–Crippen MR) is 108 cm³/mol. The lowest BCUT2D eigenvalue weighted by Crippen LogP contribution is -2.63. The van der Waals surface area contributed by atoms with Crippen molar-refractivity contribution in [3.63, 3.8) is 0 Å². The summed E-state index contributed by atoms with van der Waals surface area (Å²) in [5.74, 6) is -0.416. The highest BCUT2D eigenvalue weighted by Gasteiger charge is 2.58. The van der Waals surface area contributed by atoms with Gasteiger partial charge in [0.25, 0.3) is 5.91 Å². The van der Waals surface area contributed by atoms with Crippen molar-refractivity contribution in [3.05, 3.63) is 35.4 Å². The highest BCUT2D eigenvalue weighted by atomic mass is 19.1. The molecule has 1 aromatic rings. The minimum absolute atomic E-state index is 0.0628. The van der Waals surface area contributed by atoms with Crippen LogP contribution in [0.3, 0.4) is 0 Å². The van der Waals surface area contributed by atoms with Gasteiger partial charge in [-0.25, -0.2) is 8.78 Å². The number of nitrogens with one attached hydrogen (secondary N) is 1. The summed E-state index contributed by atoms with van der Waals surface area (Å²) in [6.07, 6.45) is 3.90. The molecule has 4 aliphatic carbocycles. The molecule has 0 spiro atoms. The second kappa shape index (κ2) is 7.81. The third kappa shape index (κ3) is 3.96. The summed E-state index contributed by atoms with van der Waals surface area (Å²) in [7, 11) is 0. The van der Waals surface area contributed by atoms with E-state index in [1.807, 2.05) is 4.90 Å². The Morgan fingerprint density at radius 3 is 2.45 bits per heavy atom. The van der Waals surface area contributed by atoms with Gasteiger partial charge in [-0.05, 0) is 67.6 Å². The third-order valence-corrected chi connectivity index (χ3v) is 7.88. The van der Waals surface area contributed by atoms with Crippen LogP contribution < -0.4 is 11.1 Å². The molecular formula is C23H29F2N3O3. The first-order valence-corrected chi connectivity index (χ1v) is 11.2. The molecule has 1 heterocycles. The van der Waals surface area contributed by atoms with Crippen LogP contribution in [0.4, 0.5) is 8.78 Å². The van der Waals surface area contributed by atoms with Crippen LogP contribution in [0, 0.1) is 34.8 Å². The van der Waals surface area contributed by atoms with Crippen LogP contribution in [-0.4, -0.2) is 48.6 Å². The summed E-state index contributed by atoms with van der Waals surface area (Å²) in [5, 5.41) is 3.23. The molecule has 8 heteroatoms. The van der Waals surface area contributed by atoms with Crippen LogP contribution in [-0.2, 0) is 20.9 Å². The number of halogens is 2. The van der Waals surface area contributed by atoms with Gasteiger partial charge in [0.2, 0.25) is 5.91 Å².